The molecule has 2 aliphatic heterocycles. The summed E-state index contributed by atoms with van der Waals surface area (Å²) in [6, 6.07) is 18.2. The molecule has 0 aromatic heterocycles. The van der Waals surface area contributed by atoms with Crippen LogP contribution >= 0.6 is 0 Å². The molecule has 3 amide bonds. The van der Waals surface area contributed by atoms with Crippen molar-refractivity contribution in [3.8, 4) is 5.75 Å². The minimum absolute atomic E-state index is 0.00362. The SMILES string of the molecule is CCC1CN(C(=O)N2CCC(C(=O)NCCCN(C)Cc3ccccc3)CC2)c2ccccc2O1. The van der Waals surface area contributed by atoms with Crippen molar-refractivity contribution in [1.29, 1.82) is 0 Å². The molecule has 0 spiro atoms. The summed E-state index contributed by atoms with van der Waals surface area (Å²) in [6.07, 6.45) is 3.18. The molecule has 1 atom stereocenters. The standard InChI is InChI=1S/C28H38N4O3/c1-3-24-21-32(25-12-7-8-13-26(25)35-24)28(34)31-18-14-23(15-19-31)27(33)29-16-9-17-30(2)20-22-10-5-4-6-11-22/h4-8,10-13,23-24H,3,9,14-21H2,1-2H3,(H,29,33). The van der Waals surface area contributed by atoms with Gasteiger partial charge in [0.1, 0.15) is 11.9 Å². The number of nitrogens with zero attached hydrogens (tertiary/aromatic N) is 3. The number of hydrogen-bond donors (Lipinski definition) is 1. The monoisotopic (exact) mass is 478 g/mol. The lowest BCUT2D eigenvalue weighted by Gasteiger charge is -2.39. The summed E-state index contributed by atoms with van der Waals surface area (Å²) in [7, 11) is 2.11. The molecule has 1 fully saturated rings. The molecule has 7 heteroatoms. The van der Waals surface area contributed by atoms with Crippen LogP contribution in [0.15, 0.2) is 54.6 Å². The van der Waals surface area contributed by atoms with E-state index < -0.39 is 0 Å². The Hall–Kier alpha value is -3.06. The van der Waals surface area contributed by atoms with Crippen molar-refractivity contribution in [1.82, 2.24) is 15.1 Å². The van der Waals surface area contributed by atoms with Gasteiger partial charge in [-0.25, -0.2) is 4.79 Å². The predicted molar refractivity (Wildman–Crippen MR) is 139 cm³/mol. The van der Waals surface area contributed by atoms with Crippen molar-refractivity contribution < 1.29 is 14.3 Å². The normalized spacial score (nSPS) is 18.2. The van der Waals surface area contributed by atoms with Crippen LogP contribution in [0.4, 0.5) is 10.5 Å². The van der Waals surface area contributed by atoms with E-state index in [1.165, 1.54) is 5.56 Å². The highest BCUT2D eigenvalue weighted by atomic mass is 16.5. The number of amides is 3. The number of urea groups is 1. The highest BCUT2D eigenvalue weighted by molar-refractivity contribution is 5.94. The molecule has 1 unspecified atom stereocenters. The number of anilines is 1. The van der Waals surface area contributed by atoms with Gasteiger partial charge >= 0.3 is 6.03 Å². The summed E-state index contributed by atoms with van der Waals surface area (Å²) in [5, 5.41) is 3.11. The molecule has 1 saturated heterocycles. The van der Waals surface area contributed by atoms with Crippen LogP contribution in [0, 0.1) is 5.92 Å². The lowest BCUT2D eigenvalue weighted by molar-refractivity contribution is -0.126. The number of carbonyl (C=O) groups excluding carboxylic acids is 2. The second-order valence-electron chi connectivity index (χ2n) is 9.64. The third-order valence-electron chi connectivity index (χ3n) is 6.97. The van der Waals surface area contributed by atoms with E-state index in [1.54, 1.807) is 0 Å². The molecule has 2 heterocycles. The van der Waals surface area contributed by atoms with Crippen LogP contribution < -0.4 is 15.0 Å². The van der Waals surface area contributed by atoms with E-state index in [0.717, 1.165) is 37.4 Å². The number of fused-ring (bicyclic) bond motifs is 1. The predicted octanol–water partition coefficient (Wildman–Crippen LogP) is 4.13. The van der Waals surface area contributed by atoms with Gasteiger partial charge in [0.15, 0.2) is 0 Å². The van der Waals surface area contributed by atoms with E-state index >= 15 is 0 Å². The number of piperidine rings is 1. The maximum atomic E-state index is 13.4. The zero-order chi connectivity index (χ0) is 24.6. The van der Waals surface area contributed by atoms with E-state index in [-0.39, 0.29) is 24.0 Å². The van der Waals surface area contributed by atoms with Crippen molar-refractivity contribution in [2.75, 3.05) is 44.7 Å². The summed E-state index contributed by atoms with van der Waals surface area (Å²) in [5.74, 6) is 0.856. The van der Waals surface area contributed by atoms with Crippen LogP contribution in [0.1, 0.15) is 38.2 Å². The van der Waals surface area contributed by atoms with Gasteiger partial charge in [0.25, 0.3) is 0 Å². The van der Waals surface area contributed by atoms with Crippen molar-refractivity contribution in [3.63, 3.8) is 0 Å². The topological polar surface area (TPSA) is 65.1 Å². The molecule has 0 radical (unpaired) electrons. The van der Waals surface area contributed by atoms with Crippen LogP contribution in [-0.2, 0) is 11.3 Å². The van der Waals surface area contributed by atoms with Crippen molar-refractivity contribution in [2.45, 2.75) is 45.3 Å². The minimum atomic E-state index is -0.0264. The maximum Gasteiger partial charge on any atom is 0.324 e. The van der Waals surface area contributed by atoms with E-state index in [4.69, 9.17) is 4.74 Å². The first-order valence-electron chi connectivity index (χ1n) is 12.9. The molecule has 188 valence electrons. The van der Waals surface area contributed by atoms with Gasteiger partial charge in [0, 0.05) is 32.1 Å². The zero-order valence-electron chi connectivity index (χ0n) is 21.0. The largest absolute Gasteiger partial charge is 0.486 e. The molecule has 7 nitrogen and oxygen atoms in total. The van der Waals surface area contributed by atoms with Gasteiger partial charge in [0.05, 0.1) is 12.2 Å². The molecule has 2 aromatic rings. The van der Waals surface area contributed by atoms with Crippen LogP contribution in [0.25, 0.3) is 0 Å². The molecule has 2 aromatic carbocycles. The van der Waals surface area contributed by atoms with E-state index in [9.17, 15) is 9.59 Å². The number of ether oxygens (including phenoxy) is 1. The van der Waals surface area contributed by atoms with Crippen LogP contribution in [0.3, 0.4) is 0 Å². The second kappa shape index (κ2) is 12.1. The van der Waals surface area contributed by atoms with Gasteiger partial charge in [-0.05, 0) is 57.0 Å². The Labute approximate surface area is 209 Å². The Bertz CT molecular complexity index is 975. The molecular formula is C28H38N4O3. The lowest BCUT2D eigenvalue weighted by Crippen LogP contribution is -2.52. The van der Waals surface area contributed by atoms with Crippen LogP contribution in [0.5, 0.6) is 5.75 Å². The second-order valence-corrected chi connectivity index (χ2v) is 9.64. The fraction of sp³-hybridized carbons (Fsp3) is 0.500. The summed E-state index contributed by atoms with van der Waals surface area (Å²) in [5.41, 5.74) is 2.13. The molecule has 4 rings (SSSR count). The Kier molecular flexibility index (Phi) is 8.64. The Morgan fingerprint density at radius 3 is 2.51 bits per heavy atom. The fourth-order valence-electron chi connectivity index (χ4n) is 4.87. The van der Waals surface area contributed by atoms with Gasteiger partial charge in [-0.2, -0.15) is 0 Å². The molecule has 0 aliphatic carbocycles. The van der Waals surface area contributed by atoms with Gasteiger partial charge in [-0.15, -0.1) is 0 Å². The summed E-state index contributed by atoms with van der Waals surface area (Å²) < 4.78 is 6.02. The Morgan fingerprint density at radius 1 is 1.06 bits per heavy atom. The van der Waals surface area contributed by atoms with Gasteiger partial charge in [-0.1, -0.05) is 49.4 Å². The number of para-hydroxylation sites is 2. The Balaban J connectivity index is 1.19. The fourth-order valence-corrected chi connectivity index (χ4v) is 4.87. The molecular weight excluding hydrogens is 440 g/mol. The van der Waals surface area contributed by atoms with Gasteiger partial charge in [-0.3, -0.25) is 9.69 Å². The highest BCUT2D eigenvalue weighted by Crippen LogP contribution is 2.35. The quantitative estimate of drug-likeness (QED) is 0.580. The highest BCUT2D eigenvalue weighted by Gasteiger charge is 2.34. The molecule has 0 bridgehead atoms. The van der Waals surface area contributed by atoms with Gasteiger partial charge in [0.2, 0.25) is 5.91 Å². The first-order chi connectivity index (χ1) is 17.0. The Morgan fingerprint density at radius 2 is 1.77 bits per heavy atom. The summed E-state index contributed by atoms with van der Waals surface area (Å²) in [6.45, 7) is 6.37. The third kappa shape index (κ3) is 6.54. The average molecular weight is 479 g/mol. The molecule has 1 N–H and O–H groups in total. The maximum absolute atomic E-state index is 13.4. The van der Waals surface area contributed by atoms with Crippen molar-refractivity contribution in [2.24, 2.45) is 5.92 Å². The summed E-state index contributed by atoms with van der Waals surface area (Å²) in [4.78, 5) is 32.1. The molecule has 2 aliphatic rings. The molecule has 35 heavy (non-hydrogen) atoms. The van der Waals surface area contributed by atoms with Gasteiger partial charge < -0.3 is 19.9 Å². The number of rotatable bonds is 8. The number of nitrogens with one attached hydrogen (secondary N) is 1. The third-order valence-corrected chi connectivity index (χ3v) is 6.97. The minimum Gasteiger partial charge on any atom is -0.486 e. The van der Waals surface area contributed by atoms with E-state index in [0.29, 0.717) is 39.0 Å². The van der Waals surface area contributed by atoms with E-state index in [1.807, 2.05) is 40.1 Å². The lowest BCUT2D eigenvalue weighted by atomic mass is 9.96. The van der Waals surface area contributed by atoms with Crippen LogP contribution in [0.2, 0.25) is 0 Å². The average Bonchev–Trinajstić information content (AvgIpc) is 2.90. The number of likely N-dealkylation sites (tertiary alicyclic amines) is 1. The zero-order valence-corrected chi connectivity index (χ0v) is 21.0. The number of hydrogen-bond acceptors (Lipinski definition) is 4. The first-order valence-corrected chi connectivity index (χ1v) is 12.9. The summed E-state index contributed by atoms with van der Waals surface area (Å²) >= 11 is 0. The number of benzene rings is 2. The first kappa shape index (κ1) is 25.0. The number of carbonyl (C=O) groups is 2. The van der Waals surface area contributed by atoms with E-state index in [2.05, 4.69) is 48.5 Å². The van der Waals surface area contributed by atoms with Crippen LogP contribution in [-0.4, -0.2) is 67.6 Å². The van der Waals surface area contributed by atoms with Crippen molar-refractivity contribution in [3.05, 3.63) is 60.2 Å². The van der Waals surface area contributed by atoms with Crippen molar-refractivity contribution >= 4 is 17.6 Å². The molecule has 0 saturated carbocycles. The smallest absolute Gasteiger partial charge is 0.324 e.